The van der Waals surface area contributed by atoms with Crippen LogP contribution in [0.4, 0.5) is 5.69 Å². The molecule has 0 aliphatic carbocycles. The minimum absolute atomic E-state index is 0.391. The van der Waals surface area contributed by atoms with E-state index in [1.807, 2.05) is 12.1 Å². The maximum Gasteiger partial charge on any atom is 0.177 e. The van der Waals surface area contributed by atoms with Gasteiger partial charge in [-0.25, -0.2) is 8.42 Å². The minimum atomic E-state index is -3.18. The molecule has 0 aromatic heterocycles. The monoisotopic (exact) mass is 310 g/mol. The number of nitrogens with zero attached hydrogens (tertiary/aromatic N) is 1. The van der Waals surface area contributed by atoms with Crippen LogP contribution in [-0.4, -0.2) is 45.8 Å². The average Bonchev–Trinajstić information content (AvgIpc) is 2.82. The SMILES string of the molecule is CC(C)CN1CCC(CNc2ccccc2S(C)(=O)=O)C1. The predicted molar refractivity (Wildman–Crippen MR) is 87.4 cm³/mol. The van der Waals surface area contributed by atoms with Crippen molar-refractivity contribution in [2.45, 2.75) is 25.2 Å². The van der Waals surface area contributed by atoms with Crippen LogP contribution in [0.25, 0.3) is 0 Å². The third-order valence-corrected chi connectivity index (χ3v) is 5.02. The van der Waals surface area contributed by atoms with Crippen LogP contribution in [0.5, 0.6) is 0 Å². The second-order valence-electron chi connectivity index (χ2n) is 6.46. The zero-order valence-electron chi connectivity index (χ0n) is 13.2. The molecule has 0 saturated carbocycles. The van der Waals surface area contributed by atoms with Crippen molar-refractivity contribution in [2.75, 3.05) is 37.8 Å². The van der Waals surface area contributed by atoms with Crippen LogP contribution >= 0.6 is 0 Å². The fourth-order valence-corrected chi connectivity index (χ4v) is 3.82. The quantitative estimate of drug-likeness (QED) is 0.877. The second-order valence-corrected chi connectivity index (χ2v) is 8.44. The van der Waals surface area contributed by atoms with Gasteiger partial charge >= 0.3 is 0 Å². The highest BCUT2D eigenvalue weighted by atomic mass is 32.2. The topological polar surface area (TPSA) is 49.4 Å². The molecule has 1 aliphatic rings. The van der Waals surface area contributed by atoms with E-state index < -0.39 is 9.84 Å². The van der Waals surface area contributed by atoms with Gasteiger partial charge in [0, 0.05) is 25.9 Å². The van der Waals surface area contributed by atoms with Crippen molar-refractivity contribution in [3.05, 3.63) is 24.3 Å². The molecular formula is C16H26N2O2S. The third kappa shape index (κ3) is 4.71. The summed E-state index contributed by atoms with van der Waals surface area (Å²) in [6, 6.07) is 7.15. The van der Waals surface area contributed by atoms with Gasteiger partial charge in [-0.05, 0) is 36.9 Å². The van der Waals surface area contributed by atoms with Crippen LogP contribution in [0.2, 0.25) is 0 Å². The summed E-state index contributed by atoms with van der Waals surface area (Å²) < 4.78 is 23.5. The Kier molecular flexibility index (Phi) is 5.27. The highest BCUT2D eigenvalue weighted by Crippen LogP contribution is 2.23. The molecule has 1 N–H and O–H groups in total. The first kappa shape index (κ1) is 16.3. The molecule has 5 heteroatoms. The van der Waals surface area contributed by atoms with Crippen molar-refractivity contribution in [1.29, 1.82) is 0 Å². The van der Waals surface area contributed by atoms with E-state index in [2.05, 4.69) is 24.1 Å². The van der Waals surface area contributed by atoms with E-state index in [1.165, 1.54) is 12.7 Å². The number of sulfone groups is 1. The lowest BCUT2D eigenvalue weighted by Crippen LogP contribution is -2.26. The predicted octanol–water partition coefficient (Wildman–Crippen LogP) is 2.48. The maximum atomic E-state index is 11.8. The maximum absolute atomic E-state index is 11.8. The summed E-state index contributed by atoms with van der Waals surface area (Å²) in [5.41, 5.74) is 0.724. The Balaban J connectivity index is 1.93. The summed E-state index contributed by atoms with van der Waals surface area (Å²) in [7, 11) is -3.18. The smallest absolute Gasteiger partial charge is 0.177 e. The molecule has 1 unspecified atom stereocenters. The highest BCUT2D eigenvalue weighted by Gasteiger charge is 2.23. The number of nitrogens with one attached hydrogen (secondary N) is 1. The lowest BCUT2D eigenvalue weighted by atomic mass is 10.1. The zero-order chi connectivity index (χ0) is 15.5. The normalized spacial score (nSPS) is 20.1. The summed E-state index contributed by atoms with van der Waals surface area (Å²) in [6.45, 7) is 8.73. The molecule has 1 atom stereocenters. The Morgan fingerprint density at radius 1 is 1.33 bits per heavy atom. The number of para-hydroxylation sites is 1. The molecule has 4 nitrogen and oxygen atoms in total. The molecule has 1 fully saturated rings. The Bertz CT molecular complexity index is 569. The summed E-state index contributed by atoms with van der Waals surface area (Å²) in [6.07, 6.45) is 2.44. The van der Waals surface area contributed by atoms with Gasteiger partial charge in [0.1, 0.15) is 0 Å². The van der Waals surface area contributed by atoms with Crippen molar-refractivity contribution < 1.29 is 8.42 Å². The van der Waals surface area contributed by atoms with E-state index in [9.17, 15) is 8.42 Å². The molecule has 21 heavy (non-hydrogen) atoms. The van der Waals surface area contributed by atoms with Gasteiger partial charge in [-0.15, -0.1) is 0 Å². The third-order valence-electron chi connectivity index (χ3n) is 3.86. The highest BCUT2D eigenvalue weighted by molar-refractivity contribution is 7.90. The van der Waals surface area contributed by atoms with Crippen LogP contribution in [0, 0.1) is 11.8 Å². The molecule has 2 rings (SSSR count). The molecule has 1 saturated heterocycles. The molecule has 1 aromatic rings. The first-order valence-corrected chi connectivity index (χ1v) is 9.50. The van der Waals surface area contributed by atoms with Gasteiger partial charge in [0.05, 0.1) is 10.6 Å². The lowest BCUT2D eigenvalue weighted by molar-refractivity contribution is 0.289. The van der Waals surface area contributed by atoms with Gasteiger partial charge in [0.25, 0.3) is 0 Å². The van der Waals surface area contributed by atoms with E-state index in [-0.39, 0.29) is 0 Å². The summed E-state index contributed by atoms with van der Waals surface area (Å²) in [5.74, 6) is 1.29. The molecule has 0 radical (unpaired) electrons. The largest absolute Gasteiger partial charge is 0.384 e. The van der Waals surface area contributed by atoms with Crippen molar-refractivity contribution in [2.24, 2.45) is 11.8 Å². The molecule has 1 aliphatic heterocycles. The number of benzene rings is 1. The van der Waals surface area contributed by atoms with Crippen LogP contribution in [0.3, 0.4) is 0 Å². The first-order chi connectivity index (χ1) is 9.86. The molecule has 0 spiro atoms. The van der Waals surface area contributed by atoms with Crippen molar-refractivity contribution in [3.63, 3.8) is 0 Å². The van der Waals surface area contributed by atoms with Crippen LogP contribution in [-0.2, 0) is 9.84 Å². The Morgan fingerprint density at radius 3 is 2.71 bits per heavy atom. The number of anilines is 1. The van der Waals surface area contributed by atoms with Crippen LogP contribution < -0.4 is 5.32 Å². The fraction of sp³-hybridized carbons (Fsp3) is 0.625. The lowest BCUT2D eigenvalue weighted by Gasteiger charge is -2.19. The van der Waals surface area contributed by atoms with Gasteiger partial charge < -0.3 is 10.2 Å². The second kappa shape index (κ2) is 6.79. The van der Waals surface area contributed by atoms with E-state index in [1.54, 1.807) is 12.1 Å². The fourth-order valence-electron chi connectivity index (χ4n) is 2.95. The molecule has 1 aromatic carbocycles. The number of rotatable bonds is 6. The zero-order valence-corrected chi connectivity index (χ0v) is 14.0. The Labute approximate surface area is 128 Å². The van der Waals surface area contributed by atoms with Gasteiger partial charge in [0.2, 0.25) is 0 Å². The Hall–Kier alpha value is -1.07. The van der Waals surface area contributed by atoms with Gasteiger partial charge in [0.15, 0.2) is 9.84 Å². The van der Waals surface area contributed by atoms with Gasteiger partial charge in [-0.3, -0.25) is 0 Å². The minimum Gasteiger partial charge on any atom is -0.384 e. The van der Waals surface area contributed by atoms with Gasteiger partial charge in [-0.1, -0.05) is 26.0 Å². The standard InChI is InChI=1S/C16H26N2O2S/c1-13(2)11-18-9-8-14(12-18)10-17-15-6-4-5-7-16(15)21(3,19)20/h4-7,13-14,17H,8-12H2,1-3H3. The molecule has 1 heterocycles. The van der Waals surface area contributed by atoms with Crippen LogP contribution in [0.1, 0.15) is 20.3 Å². The van der Waals surface area contributed by atoms with E-state index in [4.69, 9.17) is 0 Å². The van der Waals surface area contributed by atoms with E-state index in [0.717, 1.165) is 31.9 Å². The van der Waals surface area contributed by atoms with Crippen molar-refractivity contribution in [3.8, 4) is 0 Å². The van der Waals surface area contributed by atoms with Crippen molar-refractivity contribution in [1.82, 2.24) is 4.90 Å². The molecule has 118 valence electrons. The first-order valence-electron chi connectivity index (χ1n) is 7.61. The van der Waals surface area contributed by atoms with E-state index in [0.29, 0.717) is 16.7 Å². The van der Waals surface area contributed by atoms with Crippen LogP contribution in [0.15, 0.2) is 29.2 Å². The van der Waals surface area contributed by atoms with E-state index >= 15 is 0 Å². The number of likely N-dealkylation sites (tertiary alicyclic amines) is 1. The number of hydrogen-bond acceptors (Lipinski definition) is 4. The molecule has 0 amide bonds. The summed E-state index contributed by atoms with van der Waals surface area (Å²) in [5, 5.41) is 3.33. The summed E-state index contributed by atoms with van der Waals surface area (Å²) >= 11 is 0. The average molecular weight is 310 g/mol. The van der Waals surface area contributed by atoms with Crippen molar-refractivity contribution >= 4 is 15.5 Å². The Morgan fingerprint density at radius 2 is 2.05 bits per heavy atom. The number of hydrogen-bond donors (Lipinski definition) is 1. The molecule has 0 bridgehead atoms. The molecular weight excluding hydrogens is 284 g/mol. The van der Waals surface area contributed by atoms with Gasteiger partial charge in [-0.2, -0.15) is 0 Å². The summed E-state index contributed by atoms with van der Waals surface area (Å²) in [4.78, 5) is 2.89.